The van der Waals surface area contributed by atoms with Gasteiger partial charge < -0.3 is 4.57 Å². The first-order valence-corrected chi connectivity index (χ1v) is 4.60. The highest BCUT2D eigenvalue weighted by Gasteiger charge is 1.99. The van der Waals surface area contributed by atoms with Crippen molar-refractivity contribution in [3.05, 3.63) is 59.7 Å². The predicted molar refractivity (Wildman–Crippen MR) is 54.6 cm³/mol. The van der Waals surface area contributed by atoms with Gasteiger partial charge >= 0.3 is 0 Å². The van der Waals surface area contributed by atoms with Gasteiger partial charge in [0.1, 0.15) is 5.82 Å². The van der Waals surface area contributed by atoms with Crippen molar-refractivity contribution < 1.29 is 4.39 Å². The molecular weight excluding hydrogens is 177 g/mol. The predicted octanol–water partition coefficient (Wildman–Crippen LogP) is 2.76. The highest BCUT2D eigenvalue weighted by molar-refractivity contribution is 5.22. The van der Waals surface area contributed by atoms with Crippen LogP contribution in [0.15, 0.2) is 42.6 Å². The van der Waals surface area contributed by atoms with Gasteiger partial charge in [0.2, 0.25) is 0 Å². The molecule has 2 aromatic rings. The van der Waals surface area contributed by atoms with E-state index in [9.17, 15) is 4.39 Å². The van der Waals surface area contributed by atoms with Gasteiger partial charge in [0.15, 0.2) is 0 Å². The van der Waals surface area contributed by atoms with Gasteiger partial charge in [-0.2, -0.15) is 0 Å². The van der Waals surface area contributed by atoms with E-state index in [0.29, 0.717) is 0 Å². The fourth-order valence-electron chi connectivity index (χ4n) is 1.49. The van der Waals surface area contributed by atoms with Gasteiger partial charge in [-0.1, -0.05) is 12.1 Å². The molecule has 2 heteroatoms. The van der Waals surface area contributed by atoms with E-state index in [4.69, 9.17) is 0 Å². The lowest BCUT2D eigenvalue weighted by Crippen LogP contribution is -1.96. The van der Waals surface area contributed by atoms with Crippen molar-refractivity contribution in [2.75, 3.05) is 0 Å². The van der Waals surface area contributed by atoms with E-state index in [1.807, 2.05) is 31.4 Å². The molecule has 0 bridgehead atoms. The highest BCUT2D eigenvalue weighted by atomic mass is 19.1. The molecule has 2 rings (SSSR count). The van der Waals surface area contributed by atoms with Crippen molar-refractivity contribution in [2.24, 2.45) is 7.05 Å². The number of nitrogens with zero attached hydrogens (tertiary/aromatic N) is 1. The zero-order chi connectivity index (χ0) is 9.97. The summed E-state index contributed by atoms with van der Waals surface area (Å²) in [4.78, 5) is 0. The Kier molecular flexibility index (Phi) is 2.35. The van der Waals surface area contributed by atoms with Crippen molar-refractivity contribution in [1.82, 2.24) is 4.57 Å². The van der Waals surface area contributed by atoms with Gasteiger partial charge in [-0.25, -0.2) is 4.39 Å². The summed E-state index contributed by atoms with van der Waals surface area (Å²) in [6, 6.07) is 10.7. The molecule has 0 radical (unpaired) electrons. The van der Waals surface area contributed by atoms with Gasteiger partial charge in [-0.15, -0.1) is 0 Å². The Bertz CT molecular complexity index is 414. The van der Waals surface area contributed by atoms with E-state index in [2.05, 4.69) is 10.6 Å². The Balaban J connectivity index is 2.19. The van der Waals surface area contributed by atoms with Crippen LogP contribution in [0, 0.1) is 5.82 Å². The summed E-state index contributed by atoms with van der Waals surface area (Å²) in [5.74, 6) is -0.180. The van der Waals surface area contributed by atoms with E-state index < -0.39 is 0 Å². The lowest BCUT2D eigenvalue weighted by molar-refractivity contribution is 0.627. The lowest BCUT2D eigenvalue weighted by atomic mass is 10.1. The highest BCUT2D eigenvalue weighted by Crippen LogP contribution is 2.10. The molecule has 0 aliphatic carbocycles. The molecule has 0 aliphatic rings. The maximum Gasteiger partial charge on any atom is 0.123 e. The summed E-state index contributed by atoms with van der Waals surface area (Å²) < 4.78 is 14.7. The van der Waals surface area contributed by atoms with Crippen molar-refractivity contribution in [2.45, 2.75) is 6.42 Å². The van der Waals surface area contributed by atoms with Gasteiger partial charge in [0, 0.05) is 25.4 Å². The number of benzene rings is 1. The van der Waals surface area contributed by atoms with E-state index >= 15 is 0 Å². The van der Waals surface area contributed by atoms with Crippen LogP contribution < -0.4 is 0 Å². The molecule has 1 aromatic heterocycles. The molecule has 72 valence electrons. The first-order valence-electron chi connectivity index (χ1n) is 4.60. The molecule has 0 fully saturated rings. The molecule has 0 aliphatic heterocycles. The van der Waals surface area contributed by atoms with Crippen LogP contribution in [0.1, 0.15) is 11.3 Å². The Hall–Kier alpha value is -1.57. The topological polar surface area (TPSA) is 4.93 Å². The van der Waals surface area contributed by atoms with E-state index in [1.165, 1.54) is 17.8 Å². The molecule has 1 heterocycles. The fraction of sp³-hybridized carbons (Fsp3) is 0.167. The summed E-state index contributed by atoms with van der Waals surface area (Å²) in [6.07, 6.45) is 2.86. The van der Waals surface area contributed by atoms with Crippen molar-refractivity contribution in [3.63, 3.8) is 0 Å². The third kappa shape index (κ3) is 1.84. The molecule has 1 aromatic carbocycles. The summed E-state index contributed by atoms with van der Waals surface area (Å²) in [5, 5.41) is 0. The molecule has 0 amide bonds. The summed E-state index contributed by atoms with van der Waals surface area (Å²) in [6.45, 7) is 0. The lowest BCUT2D eigenvalue weighted by Gasteiger charge is -2.03. The number of aromatic nitrogens is 1. The number of halogens is 1. The van der Waals surface area contributed by atoms with Crippen LogP contribution in [0.25, 0.3) is 0 Å². The second-order valence-corrected chi connectivity index (χ2v) is 3.41. The SMILES string of the molecule is Cn1cccc1Cc1ccc(F)cc1. The van der Waals surface area contributed by atoms with Gasteiger partial charge in [-0.05, 0) is 29.8 Å². The first-order chi connectivity index (χ1) is 6.75. The zero-order valence-electron chi connectivity index (χ0n) is 8.07. The second kappa shape index (κ2) is 3.66. The standard InChI is InChI=1S/C12H12FN/c1-14-8-2-3-12(14)9-10-4-6-11(13)7-5-10/h2-8H,9H2,1H3. The average Bonchev–Trinajstić information content (AvgIpc) is 2.56. The molecule has 1 nitrogen and oxygen atoms in total. The fourth-order valence-corrected chi connectivity index (χ4v) is 1.49. The molecule has 14 heavy (non-hydrogen) atoms. The van der Waals surface area contributed by atoms with Crippen LogP contribution >= 0.6 is 0 Å². The first kappa shape index (κ1) is 9.00. The van der Waals surface area contributed by atoms with Crippen molar-refractivity contribution in [3.8, 4) is 0 Å². The minimum absolute atomic E-state index is 0.180. The van der Waals surface area contributed by atoms with E-state index in [1.54, 1.807) is 0 Å². The number of aryl methyl sites for hydroxylation is 1. The van der Waals surface area contributed by atoms with Gasteiger partial charge in [0.25, 0.3) is 0 Å². The third-order valence-corrected chi connectivity index (χ3v) is 2.35. The minimum atomic E-state index is -0.180. The number of hydrogen-bond donors (Lipinski definition) is 0. The quantitative estimate of drug-likeness (QED) is 0.684. The van der Waals surface area contributed by atoms with Crippen LogP contribution in [0.3, 0.4) is 0 Å². The van der Waals surface area contributed by atoms with Crippen LogP contribution in [0.5, 0.6) is 0 Å². The number of hydrogen-bond acceptors (Lipinski definition) is 0. The maximum absolute atomic E-state index is 12.6. The molecule has 0 saturated carbocycles. The van der Waals surface area contributed by atoms with Crippen LogP contribution in [-0.2, 0) is 13.5 Å². The molecular formula is C12H12FN. The van der Waals surface area contributed by atoms with Crippen LogP contribution in [0.4, 0.5) is 4.39 Å². The Morgan fingerprint density at radius 2 is 1.86 bits per heavy atom. The Morgan fingerprint density at radius 3 is 2.43 bits per heavy atom. The molecule has 0 N–H and O–H groups in total. The smallest absolute Gasteiger partial charge is 0.123 e. The van der Waals surface area contributed by atoms with Crippen LogP contribution in [-0.4, -0.2) is 4.57 Å². The maximum atomic E-state index is 12.6. The molecule has 0 atom stereocenters. The molecule has 0 unspecified atom stereocenters. The Morgan fingerprint density at radius 1 is 1.14 bits per heavy atom. The third-order valence-electron chi connectivity index (χ3n) is 2.35. The van der Waals surface area contributed by atoms with Crippen molar-refractivity contribution >= 4 is 0 Å². The molecule has 0 saturated heterocycles. The summed E-state index contributed by atoms with van der Waals surface area (Å²) in [7, 11) is 2.01. The van der Waals surface area contributed by atoms with Crippen LogP contribution in [0.2, 0.25) is 0 Å². The van der Waals surface area contributed by atoms with Gasteiger partial charge in [-0.3, -0.25) is 0 Å². The second-order valence-electron chi connectivity index (χ2n) is 3.41. The van der Waals surface area contributed by atoms with E-state index in [0.717, 1.165) is 12.0 Å². The Labute approximate surface area is 82.8 Å². The zero-order valence-corrected chi connectivity index (χ0v) is 8.07. The normalized spacial score (nSPS) is 10.4. The number of rotatable bonds is 2. The summed E-state index contributed by atoms with van der Waals surface area (Å²) in [5.41, 5.74) is 2.37. The summed E-state index contributed by atoms with van der Waals surface area (Å²) >= 11 is 0. The average molecular weight is 189 g/mol. The van der Waals surface area contributed by atoms with Gasteiger partial charge in [0.05, 0.1) is 0 Å². The largest absolute Gasteiger partial charge is 0.354 e. The molecule has 0 spiro atoms. The monoisotopic (exact) mass is 189 g/mol. The minimum Gasteiger partial charge on any atom is -0.354 e. The van der Waals surface area contributed by atoms with Crippen molar-refractivity contribution in [1.29, 1.82) is 0 Å². The van der Waals surface area contributed by atoms with E-state index in [-0.39, 0.29) is 5.82 Å².